The van der Waals surface area contributed by atoms with Crippen molar-refractivity contribution in [1.29, 1.82) is 0 Å². The first-order chi connectivity index (χ1) is 8.43. The number of nitrogens with two attached hydrogens (primary N) is 4. The summed E-state index contributed by atoms with van der Waals surface area (Å²) < 4.78 is 0. The maximum Gasteiger partial charge on any atom is 0.0364 e. The van der Waals surface area contributed by atoms with E-state index in [1.165, 1.54) is 0 Å². The minimum Gasteiger partial charge on any atom is -0.398 e. The van der Waals surface area contributed by atoms with Gasteiger partial charge in [-0.15, -0.1) is 0 Å². The van der Waals surface area contributed by atoms with Crippen LogP contribution in [-0.4, -0.2) is 0 Å². The highest BCUT2D eigenvalue weighted by Gasteiger charge is 1.94. The van der Waals surface area contributed by atoms with Gasteiger partial charge in [-0.25, -0.2) is 0 Å². The molecule has 0 heterocycles. The molecule has 0 saturated carbocycles. The molecule has 2 aromatic rings. The zero-order chi connectivity index (χ0) is 13.7. The van der Waals surface area contributed by atoms with E-state index in [-0.39, 0.29) is 0 Å². The van der Waals surface area contributed by atoms with Gasteiger partial charge < -0.3 is 22.9 Å². The SMILES string of the molecule is Cc1c(N)cccc1N.Cc1c(N)cccc1N. The van der Waals surface area contributed by atoms with Gasteiger partial charge in [0.2, 0.25) is 0 Å². The Morgan fingerprint density at radius 1 is 0.556 bits per heavy atom. The van der Waals surface area contributed by atoms with Crippen molar-refractivity contribution >= 4 is 22.7 Å². The van der Waals surface area contributed by atoms with Gasteiger partial charge in [-0.1, -0.05) is 12.1 Å². The number of nitrogen functional groups attached to an aromatic ring is 4. The molecule has 0 amide bonds. The van der Waals surface area contributed by atoms with Crippen LogP contribution < -0.4 is 22.9 Å². The lowest BCUT2D eigenvalue weighted by Crippen LogP contribution is -1.94. The quantitative estimate of drug-likeness (QED) is 0.534. The number of hydrogen-bond acceptors (Lipinski definition) is 4. The van der Waals surface area contributed by atoms with E-state index in [9.17, 15) is 0 Å². The predicted octanol–water partition coefficient (Wildman–Crippen LogP) is 2.32. The van der Waals surface area contributed by atoms with E-state index >= 15 is 0 Å². The number of benzene rings is 2. The van der Waals surface area contributed by atoms with Gasteiger partial charge in [-0.3, -0.25) is 0 Å². The Bertz CT molecular complexity index is 445. The van der Waals surface area contributed by atoms with Crippen molar-refractivity contribution < 1.29 is 0 Å². The van der Waals surface area contributed by atoms with Gasteiger partial charge in [0.15, 0.2) is 0 Å². The molecular weight excluding hydrogens is 224 g/mol. The van der Waals surface area contributed by atoms with E-state index < -0.39 is 0 Å². The maximum atomic E-state index is 5.54. The lowest BCUT2D eigenvalue weighted by Gasteiger charge is -2.00. The van der Waals surface area contributed by atoms with Crippen LogP contribution in [0.5, 0.6) is 0 Å². The molecule has 0 saturated heterocycles. The highest BCUT2D eigenvalue weighted by atomic mass is 14.6. The third-order valence-corrected chi connectivity index (χ3v) is 2.84. The average molecular weight is 244 g/mol. The van der Waals surface area contributed by atoms with Crippen molar-refractivity contribution in [1.82, 2.24) is 0 Å². The standard InChI is InChI=1S/2C7H10N2/c2*1-5-6(8)3-2-4-7(5)9/h2*2-4H,8-9H2,1H3. The van der Waals surface area contributed by atoms with Crippen LogP contribution in [0.2, 0.25) is 0 Å². The van der Waals surface area contributed by atoms with Crippen molar-refractivity contribution in [2.75, 3.05) is 22.9 Å². The fourth-order valence-electron chi connectivity index (χ4n) is 1.34. The first-order valence-electron chi connectivity index (χ1n) is 5.64. The molecule has 96 valence electrons. The van der Waals surface area contributed by atoms with Crippen LogP contribution >= 0.6 is 0 Å². The molecule has 0 radical (unpaired) electrons. The van der Waals surface area contributed by atoms with Gasteiger partial charge in [0.25, 0.3) is 0 Å². The van der Waals surface area contributed by atoms with E-state index in [0.29, 0.717) is 0 Å². The molecule has 4 nitrogen and oxygen atoms in total. The van der Waals surface area contributed by atoms with Crippen molar-refractivity contribution in [2.24, 2.45) is 0 Å². The van der Waals surface area contributed by atoms with Crippen LogP contribution in [0.25, 0.3) is 0 Å². The van der Waals surface area contributed by atoms with Crippen LogP contribution in [0, 0.1) is 13.8 Å². The van der Waals surface area contributed by atoms with Gasteiger partial charge in [0, 0.05) is 22.7 Å². The fraction of sp³-hybridized carbons (Fsp3) is 0.143. The molecule has 0 fully saturated rings. The molecule has 0 aliphatic heterocycles. The van der Waals surface area contributed by atoms with Gasteiger partial charge in [-0.2, -0.15) is 0 Å². The summed E-state index contributed by atoms with van der Waals surface area (Å²) in [6, 6.07) is 11.0. The lowest BCUT2D eigenvalue weighted by atomic mass is 10.2. The van der Waals surface area contributed by atoms with Crippen molar-refractivity contribution in [3.8, 4) is 0 Å². The predicted molar refractivity (Wildman–Crippen MR) is 80.0 cm³/mol. The summed E-state index contributed by atoms with van der Waals surface area (Å²) in [5, 5.41) is 0. The first kappa shape index (κ1) is 13.7. The summed E-state index contributed by atoms with van der Waals surface area (Å²) in [5.74, 6) is 0. The molecule has 0 aromatic heterocycles. The largest absolute Gasteiger partial charge is 0.398 e. The molecule has 0 bridgehead atoms. The summed E-state index contributed by atoms with van der Waals surface area (Å²) in [6.07, 6.45) is 0. The van der Waals surface area contributed by atoms with Crippen LogP contribution in [0.1, 0.15) is 11.1 Å². The fourth-order valence-corrected chi connectivity index (χ4v) is 1.34. The molecule has 0 unspecified atom stereocenters. The summed E-state index contributed by atoms with van der Waals surface area (Å²) in [4.78, 5) is 0. The van der Waals surface area contributed by atoms with Crippen molar-refractivity contribution in [2.45, 2.75) is 13.8 Å². The summed E-state index contributed by atoms with van der Waals surface area (Å²) in [5.41, 5.74) is 27.1. The minimum atomic E-state index is 0.759. The molecule has 0 spiro atoms. The molecule has 0 aliphatic rings. The van der Waals surface area contributed by atoms with Crippen LogP contribution in [0.3, 0.4) is 0 Å². The van der Waals surface area contributed by atoms with E-state index in [2.05, 4.69) is 0 Å². The van der Waals surface area contributed by atoms with Gasteiger partial charge >= 0.3 is 0 Å². The zero-order valence-corrected chi connectivity index (χ0v) is 10.8. The number of anilines is 4. The van der Waals surface area contributed by atoms with E-state index in [0.717, 1.165) is 33.9 Å². The topological polar surface area (TPSA) is 104 Å². The Morgan fingerprint density at radius 2 is 0.778 bits per heavy atom. The molecule has 2 rings (SSSR count). The first-order valence-corrected chi connectivity index (χ1v) is 5.64. The number of hydrogen-bond donors (Lipinski definition) is 4. The van der Waals surface area contributed by atoms with E-state index in [1.54, 1.807) is 0 Å². The average Bonchev–Trinajstić information content (AvgIpc) is 2.34. The number of rotatable bonds is 0. The van der Waals surface area contributed by atoms with Crippen molar-refractivity contribution in [3.05, 3.63) is 47.5 Å². The van der Waals surface area contributed by atoms with Crippen molar-refractivity contribution in [3.63, 3.8) is 0 Å². The molecule has 2 aromatic carbocycles. The molecule has 0 atom stereocenters. The monoisotopic (exact) mass is 244 g/mol. The molecule has 4 heteroatoms. The molecule has 0 aliphatic carbocycles. The van der Waals surface area contributed by atoms with Gasteiger partial charge in [0.05, 0.1) is 0 Å². The Hall–Kier alpha value is -2.36. The molecule has 18 heavy (non-hydrogen) atoms. The Kier molecular flexibility index (Phi) is 4.43. The Labute approximate surface area is 108 Å². The third kappa shape index (κ3) is 3.31. The van der Waals surface area contributed by atoms with Crippen LogP contribution in [-0.2, 0) is 0 Å². The van der Waals surface area contributed by atoms with E-state index in [4.69, 9.17) is 22.9 Å². The van der Waals surface area contributed by atoms with Gasteiger partial charge in [0.1, 0.15) is 0 Å². The highest BCUT2D eigenvalue weighted by Crippen LogP contribution is 2.16. The lowest BCUT2D eigenvalue weighted by molar-refractivity contribution is 1.47. The Balaban J connectivity index is 0.000000180. The summed E-state index contributed by atoms with van der Waals surface area (Å²) >= 11 is 0. The highest BCUT2D eigenvalue weighted by molar-refractivity contribution is 5.60. The third-order valence-electron chi connectivity index (χ3n) is 2.84. The second-order valence-corrected chi connectivity index (χ2v) is 4.12. The van der Waals surface area contributed by atoms with Gasteiger partial charge in [-0.05, 0) is 49.2 Å². The smallest absolute Gasteiger partial charge is 0.0364 e. The Morgan fingerprint density at radius 3 is 0.944 bits per heavy atom. The van der Waals surface area contributed by atoms with E-state index in [1.807, 2.05) is 50.2 Å². The molecule has 8 N–H and O–H groups in total. The van der Waals surface area contributed by atoms with Crippen LogP contribution in [0.4, 0.5) is 22.7 Å². The second-order valence-electron chi connectivity index (χ2n) is 4.12. The normalized spacial score (nSPS) is 9.44. The minimum absolute atomic E-state index is 0.759. The molecular formula is C14H20N4. The summed E-state index contributed by atoms with van der Waals surface area (Å²) in [6.45, 7) is 3.81. The van der Waals surface area contributed by atoms with Crippen LogP contribution in [0.15, 0.2) is 36.4 Å². The second kappa shape index (κ2) is 5.82. The summed E-state index contributed by atoms with van der Waals surface area (Å²) in [7, 11) is 0. The zero-order valence-electron chi connectivity index (χ0n) is 10.8. The maximum absolute atomic E-state index is 5.54.